The van der Waals surface area contributed by atoms with Gasteiger partial charge in [-0.2, -0.15) is 0 Å². The Labute approximate surface area is 107 Å². The third-order valence-corrected chi connectivity index (χ3v) is 3.86. The molecule has 0 amide bonds. The summed E-state index contributed by atoms with van der Waals surface area (Å²) in [5.41, 5.74) is 4.37. The zero-order valence-corrected chi connectivity index (χ0v) is 10.3. The molecule has 90 valence electrons. The predicted molar refractivity (Wildman–Crippen MR) is 73.9 cm³/mol. The molecule has 1 nitrogen and oxygen atoms in total. The van der Waals surface area contributed by atoms with Crippen LogP contribution >= 0.6 is 0 Å². The third-order valence-electron chi connectivity index (χ3n) is 3.86. The second-order valence-electron chi connectivity index (χ2n) is 4.96. The number of rotatable bonds is 3. The molecule has 2 aromatic rings. The SMILES string of the molecule is O=Cc1ccccc1-c1cccc(C2CCC2)c1. The van der Waals surface area contributed by atoms with Crippen molar-refractivity contribution in [3.05, 3.63) is 59.7 Å². The molecule has 3 rings (SSSR count). The number of carbonyl (C=O) groups excluding carboxylic acids is 1. The van der Waals surface area contributed by atoms with Gasteiger partial charge in [0.05, 0.1) is 0 Å². The summed E-state index contributed by atoms with van der Waals surface area (Å²) in [4.78, 5) is 11.1. The first-order chi connectivity index (χ1) is 8.88. The highest BCUT2D eigenvalue weighted by Crippen LogP contribution is 2.37. The molecule has 0 bridgehead atoms. The molecule has 0 heterocycles. The van der Waals surface area contributed by atoms with Crippen LogP contribution < -0.4 is 0 Å². The minimum atomic E-state index is 0.730. The van der Waals surface area contributed by atoms with E-state index >= 15 is 0 Å². The van der Waals surface area contributed by atoms with Gasteiger partial charge in [-0.3, -0.25) is 4.79 Å². The molecule has 1 fully saturated rings. The van der Waals surface area contributed by atoms with E-state index in [-0.39, 0.29) is 0 Å². The molecule has 1 aliphatic carbocycles. The van der Waals surface area contributed by atoms with E-state index in [2.05, 4.69) is 24.3 Å². The minimum absolute atomic E-state index is 0.730. The van der Waals surface area contributed by atoms with Crippen molar-refractivity contribution in [3.8, 4) is 11.1 Å². The second-order valence-corrected chi connectivity index (χ2v) is 4.96. The van der Waals surface area contributed by atoms with E-state index in [1.54, 1.807) is 0 Å². The maximum atomic E-state index is 11.1. The molecule has 0 atom stereocenters. The summed E-state index contributed by atoms with van der Waals surface area (Å²) < 4.78 is 0. The molecule has 18 heavy (non-hydrogen) atoms. The van der Waals surface area contributed by atoms with Gasteiger partial charge in [-0.15, -0.1) is 0 Å². The minimum Gasteiger partial charge on any atom is -0.298 e. The molecular weight excluding hydrogens is 220 g/mol. The fourth-order valence-electron chi connectivity index (χ4n) is 2.56. The number of hydrogen-bond donors (Lipinski definition) is 0. The van der Waals surface area contributed by atoms with Crippen LogP contribution in [0.4, 0.5) is 0 Å². The second kappa shape index (κ2) is 4.77. The summed E-state index contributed by atoms with van der Waals surface area (Å²) in [6.45, 7) is 0. The molecule has 0 saturated heterocycles. The van der Waals surface area contributed by atoms with Crippen molar-refractivity contribution in [3.63, 3.8) is 0 Å². The van der Waals surface area contributed by atoms with Crippen LogP contribution in [0.5, 0.6) is 0 Å². The number of hydrogen-bond acceptors (Lipinski definition) is 1. The number of aldehydes is 1. The Morgan fingerprint density at radius 2 is 1.83 bits per heavy atom. The summed E-state index contributed by atoms with van der Waals surface area (Å²) in [5, 5.41) is 0. The molecule has 0 N–H and O–H groups in total. The maximum Gasteiger partial charge on any atom is 0.150 e. The zero-order chi connectivity index (χ0) is 12.4. The Hall–Kier alpha value is -1.89. The highest BCUT2D eigenvalue weighted by atomic mass is 16.1. The van der Waals surface area contributed by atoms with E-state index in [1.807, 2.05) is 24.3 Å². The number of benzene rings is 2. The van der Waals surface area contributed by atoms with Gasteiger partial charge in [0.1, 0.15) is 0 Å². The third kappa shape index (κ3) is 1.97. The van der Waals surface area contributed by atoms with Gasteiger partial charge < -0.3 is 0 Å². The largest absolute Gasteiger partial charge is 0.298 e. The average molecular weight is 236 g/mol. The first-order valence-corrected chi connectivity index (χ1v) is 6.53. The van der Waals surface area contributed by atoms with Crippen molar-refractivity contribution in [2.75, 3.05) is 0 Å². The topological polar surface area (TPSA) is 17.1 Å². The molecule has 1 saturated carbocycles. The summed E-state index contributed by atoms with van der Waals surface area (Å²) in [7, 11) is 0. The molecule has 0 spiro atoms. The van der Waals surface area contributed by atoms with Crippen molar-refractivity contribution in [1.29, 1.82) is 0 Å². The van der Waals surface area contributed by atoms with Crippen molar-refractivity contribution >= 4 is 6.29 Å². The fraction of sp³-hybridized carbons (Fsp3) is 0.235. The Balaban J connectivity index is 2.02. The van der Waals surface area contributed by atoms with Crippen LogP contribution in [-0.2, 0) is 0 Å². The van der Waals surface area contributed by atoms with Crippen molar-refractivity contribution in [2.24, 2.45) is 0 Å². The van der Waals surface area contributed by atoms with Gasteiger partial charge >= 0.3 is 0 Å². The van der Waals surface area contributed by atoms with Crippen LogP contribution in [0.15, 0.2) is 48.5 Å². The zero-order valence-electron chi connectivity index (χ0n) is 10.3. The normalized spacial score (nSPS) is 15.1. The first-order valence-electron chi connectivity index (χ1n) is 6.53. The molecule has 1 aliphatic rings. The predicted octanol–water partition coefficient (Wildman–Crippen LogP) is 4.43. The van der Waals surface area contributed by atoms with Crippen LogP contribution in [0.25, 0.3) is 11.1 Å². The van der Waals surface area contributed by atoms with Gasteiger partial charge in [-0.25, -0.2) is 0 Å². The Morgan fingerprint density at radius 1 is 1.00 bits per heavy atom. The van der Waals surface area contributed by atoms with Gasteiger partial charge in [-0.05, 0) is 35.4 Å². The van der Waals surface area contributed by atoms with Crippen LogP contribution in [0.2, 0.25) is 0 Å². The summed E-state index contributed by atoms with van der Waals surface area (Å²) in [5.74, 6) is 0.730. The molecule has 1 heteroatoms. The van der Waals surface area contributed by atoms with Crippen LogP contribution in [0.3, 0.4) is 0 Å². The standard InChI is InChI=1S/C17H16O/c18-12-16-5-1-2-10-17(16)15-9-4-8-14(11-15)13-6-3-7-13/h1-2,4-5,8-13H,3,6-7H2. The molecule has 0 aliphatic heterocycles. The lowest BCUT2D eigenvalue weighted by Crippen LogP contribution is -2.08. The Kier molecular flexibility index (Phi) is 2.97. The molecule has 0 aromatic heterocycles. The van der Waals surface area contributed by atoms with Gasteiger partial charge in [0.2, 0.25) is 0 Å². The molecule has 0 unspecified atom stereocenters. The molecular formula is C17H16O. The Bertz CT molecular complexity index is 567. The van der Waals surface area contributed by atoms with E-state index in [4.69, 9.17) is 0 Å². The van der Waals surface area contributed by atoms with E-state index in [1.165, 1.54) is 24.8 Å². The average Bonchev–Trinajstić information content (AvgIpc) is 2.37. The summed E-state index contributed by atoms with van der Waals surface area (Å²) in [6, 6.07) is 16.4. The number of carbonyl (C=O) groups is 1. The van der Waals surface area contributed by atoms with Crippen molar-refractivity contribution in [2.45, 2.75) is 25.2 Å². The Morgan fingerprint density at radius 3 is 2.56 bits per heavy atom. The smallest absolute Gasteiger partial charge is 0.150 e. The first kappa shape index (κ1) is 11.2. The molecule has 0 radical (unpaired) electrons. The highest BCUT2D eigenvalue weighted by molar-refractivity contribution is 5.87. The van der Waals surface area contributed by atoms with E-state index < -0.39 is 0 Å². The van der Waals surface area contributed by atoms with Gasteiger partial charge in [0.25, 0.3) is 0 Å². The van der Waals surface area contributed by atoms with Gasteiger partial charge in [0.15, 0.2) is 6.29 Å². The van der Waals surface area contributed by atoms with Crippen molar-refractivity contribution < 1.29 is 4.79 Å². The van der Waals surface area contributed by atoms with E-state index in [0.717, 1.165) is 28.9 Å². The maximum absolute atomic E-state index is 11.1. The molecule has 2 aromatic carbocycles. The monoisotopic (exact) mass is 236 g/mol. The van der Waals surface area contributed by atoms with Crippen LogP contribution in [-0.4, -0.2) is 6.29 Å². The summed E-state index contributed by atoms with van der Waals surface area (Å²) in [6.07, 6.45) is 4.89. The van der Waals surface area contributed by atoms with E-state index in [9.17, 15) is 4.79 Å². The van der Waals surface area contributed by atoms with Crippen LogP contribution in [0, 0.1) is 0 Å². The lowest BCUT2D eigenvalue weighted by molar-refractivity contribution is 0.112. The fourth-order valence-corrected chi connectivity index (χ4v) is 2.56. The van der Waals surface area contributed by atoms with Crippen LogP contribution in [0.1, 0.15) is 41.1 Å². The highest BCUT2D eigenvalue weighted by Gasteiger charge is 2.19. The summed E-state index contributed by atoms with van der Waals surface area (Å²) >= 11 is 0. The van der Waals surface area contributed by atoms with Gasteiger partial charge in [0, 0.05) is 5.56 Å². The quantitative estimate of drug-likeness (QED) is 0.720. The lowest BCUT2D eigenvalue weighted by atomic mass is 9.79. The lowest BCUT2D eigenvalue weighted by Gasteiger charge is -2.26. The van der Waals surface area contributed by atoms with Crippen molar-refractivity contribution in [1.82, 2.24) is 0 Å². The van der Waals surface area contributed by atoms with Gasteiger partial charge in [-0.1, -0.05) is 55.0 Å². The van der Waals surface area contributed by atoms with E-state index in [0.29, 0.717) is 0 Å².